The van der Waals surface area contributed by atoms with Gasteiger partial charge in [0.2, 0.25) is 10.0 Å². The summed E-state index contributed by atoms with van der Waals surface area (Å²) >= 11 is 0. The Hall–Kier alpha value is -1.02. The van der Waals surface area contributed by atoms with Gasteiger partial charge < -0.3 is 5.11 Å². The normalized spacial score (nSPS) is 22.0. The first kappa shape index (κ1) is 17.3. The molecule has 1 aromatic rings. The molecule has 0 amide bonds. The van der Waals surface area contributed by atoms with Crippen molar-refractivity contribution in [3.8, 4) is 0 Å². The molecule has 1 heterocycles. The van der Waals surface area contributed by atoms with Crippen LogP contribution in [-0.2, 0) is 10.0 Å². The second-order valence-electron chi connectivity index (χ2n) is 5.92. The van der Waals surface area contributed by atoms with E-state index in [1.165, 1.54) is 16.4 Å². The Kier molecular flexibility index (Phi) is 5.55. The van der Waals surface area contributed by atoms with Crippen molar-refractivity contribution in [1.82, 2.24) is 9.21 Å². The van der Waals surface area contributed by atoms with Crippen LogP contribution in [0.25, 0.3) is 0 Å². The van der Waals surface area contributed by atoms with Gasteiger partial charge in [0.15, 0.2) is 0 Å². The van der Waals surface area contributed by atoms with Crippen LogP contribution >= 0.6 is 0 Å². The number of rotatable bonds is 5. The van der Waals surface area contributed by atoms with Crippen molar-refractivity contribution in [2.45, 2.75) is 24.2 Å². The van der Waals surface area contributed by atoms with Crippen molar-refractivity contribution >= 4 is 10.0 Å². The molecule has 0 aliphatic carbocycles. The predicted molar refractivity (Wildman–Crippen MR) is 83.4 cm³/mol. The lowest BCUT2D eigenvalue weighted by Crippen LogP contribution is -2.47. The Morgan fingerprint density at radius 3 is 2.59 bits per heavy atom. The molecular weight excluding hydrogens is 307 g/mol. The highest BCUT2D eigenvalue weighted by molar-refractivity contribution is 7.89. The van der Waals surface area contributed by atoms with Gasteiger partial charge in [0.25, 0.3) is 0 Å². The monoisotopic (exact) mass is 330 g/mol. The van der Waals surface area contributed by atoms with Gasteiger partial charge in [-0.05, 0) is 37.1 Å². The van der Waals surface area contributed by atoms with Gasteiger partial charge in [0.1, 0.15) is 5.82 Å². The predicted octanol–water partition coefficient (Wildman–Crippen LogP) is 1.21. The molecule has 1 N–H and O–H groups in total. The van der Waals surface area contributed by atoms with Crippen molar-refractivity contribution in [3.63, 3.8) is 0 Å². The molecule has 22 heavy (non-hydrogen) atoms. The van der Waals surface area contributed by atoms with Gasteiger partial charge in [-0.2, -0.15) is 0 Å². The lowest BCUT2D eigenvalue weighted by atomic mass is 10.1. The molecule has 7 heteroatoms. The van der Waals surface area contributed by atoms with E-state index in [1.807, 2.05) is 4.90 Å². The first-order valence-corrected chi connectivity index (χ1v) is 8.88. The molecule has 5 nitrogen and oxygen atoms in total. The van der Waals surface area contributed by atoms with Crippen molar-refractivity contribution in [1.29, 1.82) is 0 Å². The first-order valence-electron chi connectivity index (χ1n) is 7.38. The molecule has 1 aromatic carbocycles. The SMILES string of the molecule is CN(C)S(=O)(=O)C1CCCN(CC(O)c2ccc(F)cc2)C1. The number of likely N-dealkylation sites (tertiary alicyclic amines) is 1. The van der Waals surface area contributed by atoms with Gasteiger partial charge in [-0.15, -0.1) is 0 Å². The summed E-state index contributed by atoms with van der Waals surface area (Å²) in [4.78, 5) is 1.96. The zero-order valence-corrected chi connectivity index (χ0v) is 13.8. The maximum Gasteiger partial charge on any atom is 0.217 e. The van der Waals surface area contributed by atoms with Crippen LogP contribution in [0.3, 0.4) is 0 Å². The quantitative estimate of drug-likeness (QED) is 0.882. The van der Waals surface area contributed by atoms with Gasteiger partial charge >= 0.3 is 0 Å². The smallest absolute Gasteiger partial charge is 0.217 e. The van der Waals surface area contributed by atoms with E-state index in [-0.39, 0.29) is 5.82 Å². The Labute approximate surface area is 131 Å². The standard InChI is InChI=1S/C15H23FN2O3S/c1-17(2)22(20,21)14-4-3-9-18(10-14)11-15(19)12-5-7-13(16)8-6-12/h5-8,14-15,19H,3-4,9-11H2,1-2H3. The lowest BCUT2D eigenvalue weighted by Gasteiger charge is -2.34. The van der Waals surface area contributed by atoms with Crippen molar-refractivity contribution in [2.75, 3.05) is 33.7 Å². The van der Waals surface area contributed by atoms with E-state index in [0.29, 0.717) is 25.1 Å². The molecule has 2 atom stereocenters. The topological polar surface area (TPSA) is 60.9 Å². The van der Waals surface area contributed by atoms with E-state index in [4.69, 9.17) is 0 Å². The zero-order valence-electron chi connectivity index (χ0n) is 12.9. The number of aliphatic hydroxyl groups is 1. The Bertz CT molecular complexity index is 589. The number of hydrogen-bond donors (Lipinski definition) is 1. The van der Waals surface area contributed by atoms with Gasteiger partial charge in [0, 0.05) is 27.2 Å². The molecule has 0 radical (unpaired) electrons. The molecular formula is C15H23FN2O3S. The van der Waals surface area contributed by atoms with Gasteiger partial charge in [-0.3, -0.25) is 4.90 Å². The summed E-state index contributed by atoms with van der Waals surface area (Å²) in [5.41, 5.74) is 0.638. The molecule has 0 aromatic heterocycles. The largest absolute Gasteiger partial charge is 0.387 e. The number of piperidine rings is 1. The van der Waals surface area contributed by atoms with E-state index >= 15 is 0 Å². The van der Waals surface area contributed by atoms with Crippen LogP contribution < -0.4 is 0 Å². The zero-order chi connectivity index (χ0) is 16.3. The van der Waals surface area contributed by atoms with Crippen LogP contribution in [0.4, 0.5) is 4.39 Å². The molecule has 0 bridgehead atoms. The minimum Gasteiger partial charge on any atom is -0.387 e. The molecule has 2 unspecified atom stereocenters. The van der Waals surface area contributed by atoms with Gasteiger partial charge in [-0.1, -0.05) is 12.1 Å². The van der Waals surface area contributed by atoms with Crippen LogP contribution in [0.2, 0.25) is 0 Å². The molecule has 2 rings (SSSR count). The van der Waals surface area contributed by atoms with E-state index in [0.717, 1.165) is 13.0 Å². The minimum absolute atomic E-state index is 0.342. The summed E-state index contributed by atoms with van der Waals surface area (Å²) < 4.78 is 38.6. The fourth-order valence-corrected chi connectivity index (χ4v) is 4.22. The Morgan fingerprint density at radius 1 is 1.36 bits per heavy atom. The molecule has 124 valence electrons. The van der Waals surface area contributed by atoms with E-state index in [1.54, 1.807) is 26.2 Å². The van der Waals surface area contributed by atoms with Crippen LogP contribution in [0.15, 0.2) is 24.3 Å². The number of halogens is 1. The number of nitrogens with zero attached hydrogens (tertiary/aromatic N) is 2. The Balaban J connectivity index is 2.00. The number of aliphatic hydroxyl groups excluding tert-OH is 1. The van der Waals surface area contributed by atoms with Crippen molar-refractivity contribution < 1.29 is 17.9 Å². The summed E-state index contributed by atoms with van der Waals surface area (Å²) in [7, 11) is -0.192. The average molecular weight is 330 g/mol. The molecule has 0 spiro atoms. The third-order valence-corrected chi connectivity index (χ3v) is 6.32. The third kappa shape index (κ3) is 4.04. The van der Waals surface area contributed by atoms with Crippen molar-refractivity contribution in [2.24, 2.45) is 0 Å². The number of benzene rings is 1. The van der Waals surface area contributed by atoms with Gasteiger partial charge in [0.05, 0.1) is 11.4 Å². The maximum atomic E-state index is 12.9. The molecule has 1 aliphatic rings. The molecule has 1 aliphatic heterocycles. The fraction of sp³-hybridized carbons (Fsp3) is 0.600. The highest BCUT2D eigenvalue weighted by atomic mass is 32.2. The molecule has 1 saturated heterocycles. The summed E-state index contributed by atoms with van der Waals surface area (Å²) in [6.45, 7) is 1.53. The highest BCUT2D eigenvalue weighted by Crippen LogP contribution is 2.22. The fourth-order valence-electron chi connectivity index (χ4n) is 2.76. The van der Waals surface area contributed by atoms with Crippen LogP contribution in [0.5, 0.6) is 0 Å². The summed E-state index contributed by atoms with van der Waals surface area (Å²) in [5, 5.41) is 9.80. The van der Waals surface area contributed by atoms with Gasteiger partial charge in [-0.25, -0.2) is 17.1 Å². The average Bonchev–Trinajstić information content (AvgIpc) is 2.48. The lowest BCUT2D eigenvalue weighted by molar-refractivity contribution is 0.102. The summed E-state index contributed by atoms with van der Waals surface area (Å²) in [6.07, 6.45) is 0.679. The number of hydrogen-bond acceptors (Lipinski definition) is 4. The van der Waals surface area contributed by atoms with E-state index < -0.39 is 21.4 Å². The maximum absolute atomic E-state index is 12.9. The summed E-state index contributed by atoms with van der Waals surface area (Å²) in [5.74, 6) is -0.342. The van der Waals surface area contributed by atoms with Crippen LogP contribution in [-0.4, -0.2) is 61.7 Å². The molecule has 0 saturated carbocycles. The second kappa shape index (κ2) is 7.04. The van der Waals surface area contributed by atoms with Crippen molar-refractivity contribution in [3.05, 3.63) is 35.6 Å². The molecule has 1 fully saturated rings. The second-order valence-corrected chi connectivity index (χ2v) is 8.35. The van der Waals surface area contributed by atoms with Crippen LogP contribution in [0, 0.1) is 5.82 Å². The number of β-amino-alcohol motifs (C(OH)–C–C–N with tert-alkyl or cyclic N) is 1. The number of sulfonamides is 1. The summed E-state index contributed by atoms with van der Waals surface area (Å²) in [6, 6.07) is 5.73. The first-order chi connectivity index (χ1) is 10.3. The van der Waals surface area contributed by atoms with E-state index in [2.05, 4.69) is 0 Å². The van der Waals surface area contributed by atoms with Crippen LogP contribution in [0.1, 0.15) is 24.5 Å². The highest BCUT2D eigenvalue weighted by Gasteiger charge is 2.32. The van der Waals surface area contributed by atoms with E-state index in [9.17, 15) is 17.9 Å². The third-order valence-electron chi connectivity index (χ3n) is 4.08. The Morgan fingerprint density at radius 2 is 2.00 bits per heavy atom. The minimum atomic E-state index is -3.28.